The number of hydrogen-bond acceptors (Lipinski definition) is 10. The van der Waals surface area contributed by atoms with E-state index in [9.17, 15) is 34.2 Å². The van der Waals surface area contributed by atoms with Crippen LogP contribution in [0, 0.1) is 17.8 Å². The number of rotatable bonds is 10. The second-order valence-corrected chi connectivity index (χ2v) is 17.3. The number of hydrazine groups is 1. The number of hydrogen-bond donors (Lipinski definition) is 6. The van der Waals surface area contributed by atoms with E-state index in [1.807, 2.05) is 63.1 Å². The first-order valence-electron chi connectivity index (χ1n) is 21.9. The normalized spacial score (nSPS) is 29.6. The Labute approximate surface area is 356 Å². The van der Waals surface area contributed by atoms with Crippen molar-refractivity contribution in [1.82, 2.24) is 26.4 Å². The van der Waals surface area contributed by atoms with Gasteiger partial charge in [-0.15, -0.1) is 0 Å². The molecule has 0 aromatic heterocycles. The van der Waals surface area contributed by atoms with Gasteiger partial charge in [0.25, 0.3) is 0 Å². The number of esters is 1. The van der Waals surface area contributed by atoms with E-state index in [2.05, 4.69) is 21.4 Å². The average Bonchev–Trinajstić information content (AvgIpc) is 3.20. The van der Waals surface area contributed by atoms with Crippen molar-refractivity contribution in [3.05, 3.63) is 77.9 Å². The lowest BCUT2D eigenvalue weighted by Gasteiger charge is -2.36. The lowest BCUT2D eigenvalue weighted by Crippen LogP contribution is -2.59. The molecule has 1 aromatic carbocycles. The molecule has 2 unspecified atom stereocenters. The van der Waals surface area contributed by atoms with E-state index in [1.165, 1.54) is 19.4 Å². The topological polar surface area (TPSA) is 186 Å². The molecule has 1 saturated heterocycles. The van der Waals surface area contributed by atoms with Crippen molar-refractivity contribution in [1.29, 1.82) is 0 Å². The molecule has 3 amide bonds. The summed E-state index contributed by atoms with van der Waals surface area (Å²) in [7, 11) is 0. The summed E-state index contributed by atoms with van der Waals surface area (Å²) in [5, 5.41) is 32.8. The highest BCUT2D eigenvalue weighted by molar-refractivity contribution is 5.89. The molecule has 2 bridgehead atoms. The Morgan fingerprint density at radius 2 is 1.72 bits per heavy atom. The first kappa shape index (κ1) is 48.1. The lowest BCUT2D eigenvalue weighted by atomic mass is 9.85. The molecule has 1 saturated carbocycles. The van der Waals surface area contributed by atoms with Gasteiger partial charge in [-0.1, -0.05) is 88.6 Å². The van der Waals surface area contributed by atoms with Gasteiger partial charge in [-0.25, -0.2) is 10.4 Å². The largest absolute Gasteiger partial charge is 0.508 e. The number of aliphatic hydroxyl groups excluding tert-OH is 1. The smallest absolute Gasteiger partial charge is 0.325 e. The maximum absolute atomic E-state index is 14.1. The number of ether oxygens (including phenoxy) is 1. The highest BCUT2D eigenvalue weighted by Crippen LogP contribution is 2.24. The summed E-state index contributed by atoms with van der Waals surface area (Å²) in [6, 6.07) is 4.91. The van der Waals surface area contributed by atoms with Gasteiger partial charge in [-0.2, -0.15) is 0 Å². The fraction of sp³-hybridized carbons (Fsp3) is 0.596. The fourth-order valence-electron chi connectivity index (χ4n) is 8.08. The lowest BCUT2D eigenvalue weighted by molar-refractivity contribution is -0.153. The summed E-state index contributed by atoms with van der Waals surface area (Å²) in [6.45, 7) is 9.72. The van der Waals surface area contributed by atoms with E-state index < -0.39 is 54.0 Å². The average molecular weight is 832 g/mol. The number of carbonyl (C=O) groups excluding carboxylic acids is 5. The monoisotopic (exact) mass is 832 g/mol. The minimum Gasteiger partial charge on any atom is -0.508 e. The van der Waals surface area contributed by atoms with Crippen LogP contribution in [0.2, 0.25) is 0 Å². The third-order valence-electron chi connectivity index (χ3n) is 11.7. The van der Waals surface area contributed by atoms with E-state index >= 15 is 0 Å². The molecular formula is C47H69N5O8. The number of fused-ring (bicyclic) bond motifs is 2. The summed E-state index contributed by atoms with van der Waals surface area (Å²) in [5.74, 6) is -3.06. The van der Waals surface area contributed by atoms with Crippen LogP contribution in [0.15, 0.2) is 72.4 Å². The van der Waals surface area contributed by atoms with E-state index in [1.54, 1.807) is 30.4 Å². The number of carbonyl (C=O) groups is 5. The van der Waals surface area contributed by atoms with Gasteiger partial charge < -0.3 is 35.7 Å². The zero-order valence-corrected chi connectivity index (χ0v) is 36.2. The molecule has 13 heteroatoms. The first-order valence-corrected chi connectivity index (χ1v) is 21.9. The standard InChI is InChI=1S/C47H69N5O8/c1-31(2)43-46(58)49-37(28-35-18-14-21-38(54)29-35)30-52-27-15-22-40(51-52)47(59)60-41(32(3)17-13-24-42(55)48-36-19-10-8-11-20-36)23-12-7-6-9-16-33(4)44(56)39(45(57)50-43)26-25-34(5)53/h6-7,9,12-14,17-18,21,24,29,31,33,36-37,39-41,43-44,51,54,56H,8,10-11,15-16,19-20,22-23,25-28,30H2,1-5H3,(H,48,55)(H,49,58)(H,50,57)/b9-6+,12-7+,24-13+,32-17+/t33-,37-,39+,40?,41-,43-,44+/m0/s1. The number of aromatic hydroxyl groups is 1. The van der Waals surface area contributed by atoms with Crippen molar-refractivity contribution >= 4 is 29.5 Å². The zero-order valence-electron chi connectivity index (χ0n) is 36.2. The molecule has 330 valence electrons. The molecule has 0 radical (unpaired) electrons. The van der Waals surface area contributed by atoms with Crippen molar-refractivity contribution in [3.8, 4) is 5.75 Å². The van der Waals surface area contributed by atoms with Gasteiger partial charge >= 0.3 is 5.97 Å². The molecule has 13 nitrogen and oxygen atoms in total. The Morgan fingerprint density at radius 3 is 2.42 bits per heavy atom. The summed E-state index contributed by atoms with van der Waals surface area (Å²) in [6.07, 6.45) is 18.9. The Bertz CT molecular complexity index is 1720. The number of aliphatic hydroxyl groups is 1. The molecule has 3 aliphatic rings. The number of ketones is 1. The van der Waals surface area contributed by atoms with Crippen LogP contribution >= 0.6 is 0 Å². The minimum atomic E-state index is -1.09. The Morgan fingerprint density at radius 1 is 0.983 bits per heavy atom. The summed E-state index contributed by atoms with van der Waals surface area (Å²) in [5.41, 5.74) is 4.89. The van der Waals surface area contributed by atoms with Crippen molar-refractivity contribution in [2.75, 3.05) is 13.1 Å². The predicted octanol–water partition coefficient (Wildman–Crippen LogP) is 5.28. The van der Waals surface area contributed by atoms with E-state index in [0.717, 1.165) is 36.8 Å². The number of allylic oxidation sites excluding steroid dienone is 5. The highest BCUT2D eigenvalue weighted by Gasteiger charge is 2.35. The first-order chi connectivity index (χ1) is 28.7. The van der Waals surface area contributed by atoms with Crippen molar-refractivity contribution in [2.45, 2.75) is 148 Å². The molecule has 1 aromatic rings. The number of nitrogens with one attached hydrogen (secondary N) is 4. The maximum atomic E-state index is 14.1. The highest BCUT2D eigenvalue weighted by atomic mass is 16.5. The van der Waals surface area contributed by atoms with Crippen LogP contribution in [0.1, 0.15) is 111 Å². The second-order valence-electron chi connectivity index (χ2n) is 17.3. The van der Waals surface area contributed by atoms with Crippen molar-refractivity contribution in [3.63, 3.8) is 0 Å². The molecule has 0 spiro atoms. The summed E-state index contributed by atoms with van der Waals surface area (Å²) >= 11 is 0. The number of nitrogens with zero attached hydrogens (tertiary/aromatic N) is 1. The molecule has 2 aliphatic heterocycles. The van der Waals surface area contributed by atoms with Crippen molar-refractivity contribution in [2.24, 2.45) is 17.8 Å². The third-order valence-corrected chi connectivity index (χ3v) is 11.7. The predicted molar refractivity (Wildman–Crippen MR) is 232 cm³/mol. The van der Waals surface area contributed by atoms with Crippen LogP contribution in [0.5, 0.6) is 5.75 Å². The summed E-state index contributed by atoms with van der Waals surface area (Å²) < 4.78 is 6.17. The molecule has 1 aliphatic carbocycles. The molecule has 2 fully saturated rings. The molecule has 8 atom stereocenters. The molecular weight excluding hydrogens is 763 g/mol. The number of phenols is 1. The Kier molecular flexibility index (Phi) is 19.7. The van der Waals surface area contributed by atoms with Crippen molar-refractivity contribution < 1.29 is 38.9 Å². The van der Waals surface area contributed by atoms with Gasteiger partial charge in [0.2, 0.25) is 17.7 Å². The number of Topliss-reactive ketones (excluding diaryl/α,β-unsaturated/α-hetero) is 1. The Balaban J connectivity index is 1.62. The number of phenolic OH excluding ortho intramolecular Hbond substituents is 1. The zero-order chi connectivity index (χ0) is 43.6. The van der Waals surface area contributed by atoms with Crippen LogP contribution in [-0.4, -0.2) is 94.2 Å². The minimum absolute atomic E-state index is 0.0929. The fourth-order valence-corrected chi connectivity index (χ4v) is 8.08. The van der Waals surface area contributed by atoms with Gasteiger partial charge in [-0.3, -0.25) is 19.2 Å². The van der Waals surface area contributed by atoms with Crippen LogP contribution in [0.3, 0.4) is 0 Å². The third kappa shape index (κ3) is 16.1. The molecule has 4 rings (SSSR count). The maximum Gasteiger partial charge on any atom is 0.325 e. The molecule has 2 heterocycles. The van der Waals surface area contributed by atoms with Gasteiger partial charge in [-0.05, 0) is 93.9 Å². The van der Waals surface area contributed by atoms with Crippen LogP contribution in [0.4, 0.5) is 0 Å². The van der Waals surface area contributed by atoms with Gasteiger partial charge in [0.15, 0.2) is 0 Å². The van der Waals surface area contributed by atoms with Gasteiger partial charge in [0, 0.05) is 44.1 Å². The number of benzene rings is 1. The summed E-state index contributed by atoms with van der Waals surface area (Å²) in [4.78, 5) is 66.6. The van der Waals surface area contributed by atoms with Crippen LogP contribution < -0.4 is 21.4 Å². The number of cyclic esters (lactones) is 1. The number of amides is 3. The SMILES string of the molecule is CC(=O)CC[C@H]1C(=O)N[C@@H](C(C)C)C(=O)N[C@@H](Cc2cccc(O)c2)CN2CCCC(N2)C(=O)O[C@H](/C(C)=C/C=C/C(=O)NC2CCCCC2)C/C=C/C=C/C[C@H](C)[C@H]1O. The van der Waals surface area contributed by atoms with E-state index in [4.69, 9.17) is 4.74 Å². The van der Waals surface area contributed by atoms with Gasteiger partial charge in [0.1, 0.15) is 29.7 Å². The van der Waals surface area contributed by atoms with Crippen LogP contribution in [-0.2, 0) is 35.1 Å². The molecule has 60 heavy (non-hydrogen) atoms. The van der Waals surface area contributed by atoms with E-state index in [-0.39, 0.29) is 48.2 Å². The van der Waals surface area contributed by atoms with Gasteiger partial charge in [0.05, 0.1) is 12.0 Å². The molecule has 6 N–H and O–H groups in total. The Hall–Kier alpha value is -4.59. The quantitative estimate of drug-likeness (QED) is 0.103. The second kappa shape index (κ2) is 24.6. The van der Waals surface area contributed by atoms with E-state index in [0.29, 0.717) is 45.2 Å². The van der Waals surface area contributed by atoms with Crippen LogP contribution in [0.25, 0.3) is 0 Å².